The van der Waals surface area contributed by atoms with Crippen molar-refractivity contribution in [2.45, 2.75) is 373 Å². The molecule has 1 amide bonds. The van der Waals surface area contributed by atoms with Crippen LogP contribution in [0.2, 0.25) is 0 Å². The number of rotatable bonds is 61. The highest BCUT2D eigenvalue weighted by atomic mass is 16.5. The first kappa shape index (κ1) is 70.3. The summed E-state index contributed by atoms with van der Waals surface area (Å²) in [6, 6.07) is -0.627. The van der Waals surface area contributed by atoms with Gasteiger partial charge in [-0.2, -0.15) is 0 Å². The minimum atomic E-state index is -0.843. The van der Waals surface area contributed by atoms with Crippen molar-refractivity contribution in [1.82, 2.24) is 5.32 Å². The second kappa shape index (κ2) is 61.9. The molecule has 0 aromatic carbocycles. The van der Waals surface area contributed by atoms with E-state index in [2.05, 4.69) is 31.3 Å². The predicted octanol–water partition coefficient (Wildman–Crippen LogP) is 20.6. The van der Waals surface area contributed by atoms with Crippen LogP contribution in [0.1, 0.15) is 361 Å². The molecule has 0 aliphatic carbocycles. The Bertz CT molecular complexity index is 1120. The molecular formula is C66H127NO5. The number of hydrogen-bond donors (Lipinski definition) is 3. The quantitative estimate of drug-likeness (QED) is 0.0320. The van der Waals surface area contributed by atoms with Gasteiger partial charge in [-0.3, -0.25) is 9.59 Å². The maximum absolute atomic E-state index is 12.4. The zero-order valence-corrected chi connectivity index (χ0v) is 48.7. The largest absolute Gasteiger partial charge is 0.466 e. The van der Waals surface area contributed by atoms with Crippen LogP contribution in [0, 0.1) is 0 Å². The molecule has 6 heteroatoms. The highest BCUT2D eigenvalue weighted by molar-refractivity contribution is 5.76. The van der Waals surface area contributed by atoms with Crippen LogP contribution in [0.4, 0.5) is 0 Å². The third-order valence-corrected chi connectivity index (χ3v) is 15.2. The summed E-state index contributed by atoms with van der Waals surface area (Å²) >= 11 is 0. The van der Waals surface area contributed by atoms with E-state index in [4.69, 9.17) is 4.74 Å². The van der Waals surface area contributed by atoms with E-state index in [1.54, 1.807) is 6.08 Å². The monoisotopic (exact) mass is 1010 g/mol. The molecule has 2 atom stereocenters. The lowest BCUT2D eigenvalue weighted by Gasteiger charge is -2.20. The van der Waals surface area contributed by atoms with E-state index in [9.17, 15) is 19.8 Å². The molecule has 0 aliphatic heterocycles. The lowest BCUT2D eigenvalue weighted by atomic mass is 10.0. The number of amides is 1. The van der Waals surface area contributed by atoms with Crippen molar-refractivity contribution in [2.24, 2.45) is 0 Å². The Morgan fingerprint density at radius 1 is 0.375 bits per heavy atom. The first-order valence-corrected chi connectivity index (χ1v) is 32.6. The molecule has 426 valence electrons. The number of hydrogen-bond acceptors (Lipinski definition) is 5. The van der Waals surface area contributed by atoms with Gasteiger partial charge in [0.2, 0.25) is 5.91 Å². The summed E-state index contributed by atoms with van der Waals surface area (Å²) in [6.45, 7) is 4.92. The number of nitrogens with one attached hydrogen (secondary N) is 1. The van der Waals surface area contributed by atoms with Crippen molar-refractivity contribution in [3.63, 3.8) is 0 Å². The average molecular weight is 1010 g/mol. The lowest BCUT2D eigenvalue weighted by molar-refractivity contribution is -0.143. The molecular weight excluding hydrogens is 887 g/mol. The minimum Gasteiger partial charge on any atom is -0.466 e. The van der Waals surface area contributed by atoms with E-state index in [-0.39, 0.29) is 18.5 Å². The molecule has 0 aromatic rings. The van der Waals surface area contributed by atoms with E-state index in [0.29, 0.717) is 19.4 Å². The summed E-state index contributed by atoms with van der Waals surface area (Å²) in [4.78, 5) is 24.5. The zero-order valence-electron chi connectivity index (χ0n) is 48.7. The van der Waals surface area contributed by atoms with E-state index in [0.717, 1.165) is 38.5 Å². The van der Waals surface area contributed by atoms with Crippen LogP contribution in [0.15, 0.2) is 24.3 Å². The normalized spacial score (nSPS) is 12.7. The zero-order chi connectivity index (χ0) is 52.2. The fraction of sp³-hybridized carbons (Fsp3) is 0.909. The van der Waals surface area contributed by atoms with Gasteiger partial charge in [0, 0.05) is 12.8 Å². The summed E-state index contributed by atoms with van der Waals surface area (Å²) in [5, 5.41) is 23.0. The summed E-state index contributed by atoms with van der Waals surface area (Å²) in [6.07, 6.45) is 76.7. The molecule has 0 saturated heterocycles. The Labute approximate surface area is 450 Å². The molecule has 6 nitrogen and oxygen atoms in total. The standard InChI is InChI=1S/C66H127NO5/c1-3-5-7-9-11-13-15-16-17-29-33-36-40-44-48-52-56-60-66(71)72-61-57-53-49-45-41-37-34-31-28-26-24-22-20-18-19-21-23-25-27-30-32-35-39-43-47-51-55-59-65(70)67-63(62-68)64(69)58-54-50-46-42-38-14-12-10-8-6-4-2/h18-19,54,58,63-64,68-69H,3-17,20-53,55-57,59-62H2,1-2H3,(H,67,70)/b19-18-,58-54+. The molecule has 0 spiro atoms. The fourth-order valence-electron chi connectivity index (χ4n) is 10.2. The van der Waals surface area contributed by atoms with Crippen molar-refractivity contribution >= 4 is 11.9 Å². The Morgan fingerprint density at radius 2 is 0.653 bits per heavy atom. The Morgan fingerprint density at radius 3 is 0.986 bits per heavy atom. The van der Waals surface area contributed by atoms with Gasteiger partial charge < -0.3 is 20.3 Å². The minimum absolute atomic E-state index is 0.0190. The topological polar surface area (TPSA) is 95.9 Å². The number of aliphatic hydroxyl groups is 2. The molecule has 0 heterocycles. The van der Waals surface area contributed by atoms with Crippen molar-refractivity contribution < 1.29 is 24.5 Å². The van der Waals surface area contributed by atoms with Crippen LogP contribution in [-0.4, -0.2) is 47.4 Å². The van der Waals surface area contributed by atoms with Gasteiger partial charge >= 0.3 is 5.97 Å². The third-order valence-electron chi connectivity index (χ3n) is 15.2. The van der Waals surface area contributed by atoms with Gasteiger partial charge in [0.15, 0.2) is 0 Å². The second-order valence-electron chi connectivity index (χ2n) is 22.5. The highest BCUT2D eigenvalue weighted by Gasteiger charge is 2.18. The van der Waals surface area contributed by atoms with Crippen LogP contribution < -0.4 is 5.32 Å². The van der Waals surface area contributed by atoms with Crippen molar-refractivity contribution in [3.05, 3.63) is 24.3 Å². The maximum atomic E-state index is 12.4. The average Bonchev–Trinajstić information content (AvgIpc) is 3.38. The van der Waals surface area contributed by atoms with Gasteiger partial charge in [0.25, 0.3) is 0 Å². The van der Waals surface area contributed by atoms with Crippen molar-refractivity contribution in [2.75, 3.05) is 13.2 Å². The van der Waals surface area contributed by atoms with E-state index in [1.807, 2.05) is 6.08 Å². The summed E-state index contributed by atoms with van der Waals surface area (Å²) in [5.74, 6) is -0.0499. The third kappa shape index (κ3) is 57.6. The molecule has 3 N–H and O–H groups in total. The van der Waals surface area contributed by atoms with Gasteiger partial charge in [0.05, 0.1) is 25.4 Å². The number of ether oxygens (including phenoxy) is 1. The van der Waals surface area contributed by atoms with Gasteiger partial charge in [-0.05, 0) is 57.8 Å². The number of carbonyl (C=O) groups is 2. The van der Waals surface area contributed by atoms with E-state index in [1.165, 1.54) is 295 Å². The SMILES string of the molecule is CCCCCCCCCCC/C=C/C(O)C(CO)NC(=O)CCCCCCCCCCCCC/C=C\CCCCCCCCCCCCCCOC(=O)CCCCCCCCCCCCCCCCCCC. The molecule has 0 bridgehead atoms. The summed E-state index contributed by atoms with van der Waals surface area (Å²) in [7, 11) is 0. The first-order valence-electron chi connectivity index (χ1n) is 32.6. The summed E-state index contributed by atoms with van der Waals surface area (Å²) < 4.78 is 5.50. The van der Waals surface area contributed by atoms with Gasteiger partial charge in [-0.25, -0.2) is 0 Å². The predicted molar refractivity (Wildman–Crippen MR) is 315 cm³/mol. The molecule has 0 saturated carbocycles. The molecule has 0 rings (SSSR count). The smallest absolute Gasteiger partial charge is 0.305 e. The Hall–Kier alpha value is -1.66. The van der Waals surface area contributed by atoms with Crippen molar-refractivity contribution in [1.29, 1.82) is 0 Å². The number of unbranched alkanes of at least 4 members (excludes halogenated alkanes) is 48. The highest BCUT2D eigenvalue weighted by Crippen LogP contribution is 2.18. The summed E-state index contributed by atoms with van der Waals surface area (Å²) in [5.41, 5.74) is 0. The van der Waals surface area contributed by atoms with Crippen LogP contribution in [0.3, 0.4) is 0 Å². The van der Waals surface area contributed by atoms with Gasteiger partial charge in [-0.15, -0.1) is 0 Å². The fourth-order valence-corrected chi connectivity index (χ4v) is 10.2. The Balaban J connectivity index is 3.36. The molecule has 0 radical (unpaired) electrons. The molecule has 0 aliphatic rings. The van der Waals surface area contributed by atoms with Gasteiger partial charge in [0.1, 0.15) is 0 Å². The van der Waals surface area contributed by atoms with Crippen LogP contribution >= 0.6 is 0 Å². The van der Waals surface area contributed by atoms with Gasteiger partial charge in [-0.1, -0.05) is 314 Å². The molecule has 0 aromatic heterocycles. The van der Waals surface area contributed by atoms with Crippen LogP contribution in [0.5, 0.6) is 0 Å². The number of aliphatic hydroxyl groups excluding tert-OH is 2. The van der Waals surface area contributed by atoms with Crippen LogP contribution in [-0.2, 0) is 14.3 Å². The second-order valence-corrected chi connectivity index (χ2v) is 22.5. The van der Waals surface area contributed by atoms with E-state index >= 15 is 0 Å². The van der Waals surface area contributed by atoms with Crippen molar-refractivity contribution in [3.8, 4) is 0 Å². The molecule has 0 fully saturated rings. The number of esters is 1. The first-order chi connectivity index (χ1) is 35.5. The Kier molecular flexibility index (Phi) is 60.5. The number of carbonyl (C=O) groups excluding carboxylic acids is 2. The molecule has 72 heavy (non-hydrogen) atoms. The van der Waals surface area contributed by atoms with E-state index < -0.39 is 12.1 Å². The maximum Gasteiger partial charge on any atom is 0.305 e. The lowest BCUT2D eigenvalue weighted by Crippen LogP contribution is -2.45. The molecule has 2 unspecified atom stereocenters. The number of allylic oxidation sites excluding steroid dienone is 3. The van der Waals surface area contributed by atoms with Crippen LogP contribution in [0.25, 0.3) is 0 Å².